The van der Waals surface area contributed by atoms with Crippen molar-refractivity contribution in [3.63, 3.8) is 0 Å². The first-order valence-electron chi connectivity index (χ1n) is 7.32. The largest absolute Gasteiger partial charge is 0.300 e. The second-order valence-electron chi connectivity index (χ2n) is 5.15. The number of benzene rings is 1. The molecule has 0 bridgehead atoms. The predicted octanol–water partition coefficient (Wildman–Crippen LogP) is 3.52. The van der Waals surface area contributed by atoms with Gasteiger partial charge in [-0.05, 0) is 53.7 Å². The molecule has 2 aromatic heterocycles. The van der Waals surface area contributed by atoms with Crippen molar-refractivity contribution in [1.82, 2.24) is 15.3 Å². The molecule has 24 heavy (non-hydrogen) atoms. The van der Waals surface area contributed by atoms with Gasteiger partial charge in [-0.25, -0.2) is 4.99 Å². The Bertz CT molecular complexity index is 982. The lowest BCUT2D eigenvalue weighted by Crippen LogP contribution is -2.19. The molecule has 0 radical (unpaired) electrons. The molecule has 116 valence electrons. The van der Waals surface area contributed by atoms with E-state index < -0.39 is 0 Å². The van der Waals surface area contributed by atoms with Gasteiger partial charge in [-0.2, -0.15) is 0 Å². The third-order valence-corrected chi connectivity index (χ3v) is 4.36. The number of aliphatic imine (C=N–C) groups is 1. The maximum atomic E-state index is 12.1. The van der Waals surface area contributed by atoms with Gasteiger partial charge in [0.15, 0.2) is 5.17 Å². The molecule has 0 unspecified atom stereocenters. The summed E-state index contributed by atoms with van der Waals surface area (Å²) in [7, 11) is 0. The van der Waals surface area contributed by atoms with Gasteiger partial charge in [0.25, 0.3) is 5.91 Å². The second kappa shape index (κ2) is 6.25. The van der Waals surface area contributed by atoms with Crippen LogP contribution in [0.2, 0.25) is 0 Å². The Kier molecular flexibility index (Phi) is 3.80. The average molecular weight is 332 g/mol. The van der Waals surface area contributed by atoms with Crippen LogP contribution in [0.5, 0.6) is 0 Å². The molecule has 1 aromatic carbocycles. The lowest BCUT2D eigenvalue weighted by molar-refractivity contribution is -0.115. The predicted molar refractivity (Wildman–Crippen MR) is 96.8 cm³/mol. The van der Waals surface area contributed by atoms with E-state index >= 15 is 0 Å². The highest BCUT2D eigenvalue weighted by atomic mass is 32.2. The Hall–Kier alpha value is -2.99. The van der Waals surface area contributed by atoms with Crippen molar-refractivity contribution in [2.75, 3.05) is 0 Å². The standard InChI is InChI=1S/C18H12N4OS/c23-17-16(24-18(22-17)21-14-4-2-7-19-11-14)10-12-5-6-15-13(9-12)3-1-8-20-15/h1-11H,(H,21,22,23)/b16-10+. The molecule has 0 saturated carbocycles. The summed E-state index contributed by atoms with van der Waals surface area (Å²) in [5.41, 5.74) is 2.59. The summed E-state index contributed by atoms with van der Waals surface area (Å²) in [6.07, 6.45) is 6.96. The maximum absolute atomic E-state index is 12.1. The van der Waals surface area contributed by atoms with Gasteiger partial charge in [0, 0.05) is 17.8 Å². The van der Waals surface area contributed by atoms with Gasteiger partial charge in [-0.1, -0.05) is 12.1 Å². The molecule has 4 rings (SSSR count). The van der Waals surface area contributed by atoms with Crippen LogP contribution in [0, 0.1) is 0 Å². The zero-order valence-corrected chi connectivity index (χ0v) is 13.3. The topological polar surface area (TPSA) is 67.2 Å². The summed E-state index contributed by atoms with van der Waals surface area (Å²) in [6, 6.07) is 13.5. The number of fused-ring (bicyclic) bond motifs is 1. The minimum Gasteiger partial charge on any atom is -0.300 e. The molecule has 0 atom stereocenters. The molecule has 1 N–H and O–H groups in total. The molecule has 0 aliphatic carbocycles. The molecule has 1 fully saturated rings. The first-order valence-corrected chi connectivity index (χ1v) is 8.14. The number of hydrogen-bond donors (Lipinski definition) is 1. The number of amides is 1. The van der Waals surface area contributed by atoms with Crippen LogP contribution < -0.4 is 5.32 Å². The SMILES string of the molecule is O=C1NC(=Nc2cccnc2)S/C1=C/c1ccc2ncccc2c1. The van der Waals surface area contributed by atoms with Gasteiger partial charge in [0.05, 0.1) is 22.3 Å². The Labute approximate surface area is 142 Å². The third kappa shape index (κ3) is 3.04. The Morgan fingerprint density at radius 3 is 2.92 bits per heavy atom. The minimum absolute atomic E-state index is 0.145. The van der Waals surface area contributed by atoms with Crippen molar-refractivity contribution >= 4 is 45.5 Å². The van der Waals surface area contributed by atoms with Crippen LogP contribution in [-0.4, -0.2) is 21.0 Å². The molecule has 3 aromatic rings. The van der Waals surface area contributed by atoms with Crippen LogP contribution in [0.3, 0.4) is 0 Å². The fourth-order valence-electron chi connectivity index (χ4n) is 2.35. The normalized spacial score (nSPS) is 17.6. The van der Waals surface area contributed by atoms with E-state index in [2.05, 4.69) is 20.3 Å². The van der Waals surface area contributed by atoms with E-state index in [9.17, 15) is 4.79 Å². The summed E-state index contributed by atoms with van der Waals surface area (Å²) in [5, 5.41) is 4.37. The van der Waals surface area contributed by atoms with E-state index in [4.69, 9.17) is 0 Å². The van der Waals surface area contributed by atoms with Gasteiger partial charge < -0.3 is 5.32 Å². The summed E-state index contributed by atoms with van der Waals surface area (Å²) >= 11 is 1.32. The Balaban J connectivity index is 1.62. The number of nitrogens with zero attached hydrogens (tertiary/aromatic N) is 3. The van der Waals surface area contributed by atoms with Crippen LogP contribution in [0.1, 0.15) is 5.56 Å². The number of thioether (sulfide) groups is 1. The van der Waals surface area contributed by atoms with E-state index in [1.807, 2.05) is 42.5 Å². The number of nitrogens with one attached hydrogen (secondary N) is 1. The molecule has 6 heteroatoms. The summed E-state index contributed by atoms with van der Waals surface area (Å²) in [6.45, 7) is 0. The average Bonchev–Trinajstić information content (AvgIpc) is 2.95. The highest BCUT2D eigenvalue weighted by Gasteiger charge is 2.23. The van der Waals surface area contributed by atoms with E-state index in [1.165, 1.54) is 11.8 Å². The fraction of sp³-hybridized carbons (Fsp3) is 0. The molecule has 1 aliphatic rings. The zero-order chi connectivity index (χ0) is 16.4. The van der Waals surface area contributed by atoms with E-state index in [0.717, 1.165) is 16.5 Å². The number of pyridine rings is 2. The van der Waals surface area contributed by atoms with Gasteiger partial charge in [0.1, 0.15) is 0 Å². The molecular weight excluding hydrogens is 320 g/mol. The molecule has 3 heterocycles. The quantitative estimate of drug-likeness (QED) is 0.729. The minimum atomic E-state index is -0.145. The summed E-state index contributed by atoms with van der Waals surface area (Å²) < 4.78 is 0. The lowest BCUT2D eigenvalue weighted by Gasteiger charge is -1.99. The lowest BCUT2D eigenvalue weighted by atomic mass is 10.1. The molecule has 0 spiro atoms. The highest BCUT2D eigenvalue weighted by Crippen LogP contribution is 2.28. The summed E-state index contributed by atoms with van der Waals surface area (Å²) in [5.74, 6) is -0.145. The van der Waals surface area contributed by atoms with Crippen molar-refractivity contribution < 1.29 is 4.79 Å². The van der Waals surface area contributed by atoms with Gasteiger partial charge in [-0.15, -0.1) is 0 Å². The fourth-order valence-corrected chi connectivity index (χ4v) is 3.19. The number of hydrogen-bond acceptors (Lipinski definition) is 5. The van der Waals surface area contributed by atoms with Gasteiger partial charge >= 0.3 is 0 Å². The molecule has 5 nitrogen and oxygen atoms in total. The van der Waals surface area contributed by atoms with Gasteiger partial charge in [0.2, 0.25) is 0 Å². The monoisotopic (exact) mass is 332 g/mol. The number of rotatable bonds is 2. The van der Waals surface area contributed by atoms with Crippen LogP contribution in [0.25, 0.3) is 17.0 Å². The van der Waals surface area contributed by atoms with E-state index in [-0.39, 0.29) is 5.91 Å². The first kappa shape index (κ1) is 14.6. The maximum Gasteiger partial charge on any atom is 0.264 e. The van der Waals surface area contributed by atoms with Crippen molar-refractivity contribution in [2.24, 2.45) is 4.99 Å². The second-order valence-corrected chi connectivity index (χ2v) is 6.18. The number of aromatic nitrogens is 2. The number of carbonyl (C=O) groups excluding carboxylic acids is 1. The van der Waals surface area contributed by atoms with Crippen molar-refractivity contribution in [3.05, 3.63) is 71.5 Å². The summed E-state index contributed by atoms with van der Waals surface area (Å²) in [4.78, 5) is 25.4. The van der Waals surface area contributed by atoms with Gasteiger partial charge in [-0.3, -0.25) is 14.8 Å². The first-order chi connectivity index (χ1) is 11.8. The van der Waals surface area contributed by atoms with E-state index in [1.54, 1.807) is 24.7 Å². The third-order valence-electron chi connectivity index (χ3n) is 3.45. The van der Waals surface area contributed by atoms with Crippen LogP contribution in [-0.2, 0) is 4.79 Å². The van der Waals surface area contributed by atoms with Crippen molar-refractivity contribution in [1.29, 1.82) is 0 Å². The Morgan fingerprint density at radius 2 is 2.04 bits per heavy atom. The number of amidine groups is 1. The van der Waals surface area contributed by atoms with Crippen molar-refractivity contribution in [2.45, 2.75) is 0 Å². The zero-order valence-electron chi connectivity index (χ0n) is 12.5. The van der Waals surface area contributed by atoms with Crippen LogP contribution in [0.4, 0.5) is 5.69 Å². The van der Waals surface area contributed by atoms with E-state index in [0.29, 0.717) is 15.8 Å². The smallest absolute Gasteiger partial charge is 0.264 e. The number of carbonyl (C=O) groups is 1. The van der Waals surface area contributed by atoms with Crippen LogP contribution in [0.15, 0.2) is 71.0 Å². The highest BCUT2D eigenvalue weighted by molar-refractivity contribution is 8.18. The van der Waals surface area contributed by atoms with Crippen molar-refractivity contribution in [3.8, 4) is 0 Å². The molecule has 1 amide bonds. The molecule has 1 aliphatic heterocycles. The Morgan fingerprint density at radius 1 is 1.12 bits per heavy atom. The molecule has 1 saturated heterocycles. The van der Waals surface area contributed by atoms with Crippen LogP contribution >= 0.6 is 11.8 Å². The molecular formula is C18H12N4OS.